The maximum atomic E-state index is 4.31. The van der Waals surface area contributed by atoms with E-state index in [0.717, 1.165) is 21.3 Å². The smallest absolute Gasteiger partial charge is 0.159 e. The molecule has 0 fully saturated rings. The molecule has 0 atom stereocenters. The van der Waals surface area contributed by atoms with E-state index in [1.165, 1.54) is 0 Å². The summed E-state index contributed by atoms with van der Waals surface area (Å²) in [6, 6.07) is 0. The molecule has 0 N–H and O–H groups in total. The van der Waals surface area contributed by atoms with Gasteiger partial charge in [0.05, 0.1) is 6.20 Å². The second kappa shape index (κ2) is 2.55. The number of aromatic nitrogens is 3. The molecule has 0 unspecified atom stereocenters. The first-order valence-corrected chi connectivity index (χ1v) is 4.42. The highest BCUT2D eigenvalue weighted by Gasteiger charge is 2.04. The molecule has 4 heteroatoms. The van der Waals surface area contributed by atoms with Crippen molar-refractivity contribution in [3.8, 4) is 0 Å². The highest BCUT2D eigenvalue weighted by molar-refractivity contribution is 9.10. The standard InChI is InChI=1S/C8H8BrN3/c1-5-4-12(2)8-7(5)10-3-6(9)11-8/h3-4H,1-2H3. The molecule has 0 aliphatic carbocycles. The Balaban J connectivity index is 2.90. The molecule has 0 saturated carbocycles. The van der Waals surface area contributed by atoms with Gasteiger partial charge in [-0.1, -0.05) is 0 Å². The fourth-order valence-electron chi connectivity index (χ4n) is 1.30. The summed E-state index contributed by atoms with van der Waals surface area (Å²) in [7, 11) is 1.97. The normalized spacial score (nSPS) is 10.9. The van der Waals surface area contributed by atoms with Crippen LogP contribution in [0.2, 0.25) is 0 Å². The van der Waals surface area contributed by atoms with Crippen LogP contribution in [0.5, 0.6) is 0 Å². The summed E-state index contributed by atoms with van der Waals surface area (Å²) in [6.07, 6.45) is 3.74. The second-order valence-corrected chi connectivity index (χ2v) is 3.60. The minimum absolute atomic E-state index is 0.774. The van der Waals surface area contributed by atoms with Gasteiger partial charge in [-0.15, -0.1) is 0 Å². The van der Waals surface area contributed by atoms with Crippen LogP contribution in [0, 0.1) is 6.92 Å². The molecular weight excluding hydrogens is 218 g/mol. The molecule has 0 aliphatic rings. The summed E-state index contributed by atoms with van der Waals surface area (Å²) >= 11 is 3.29. The molecule has 2 aromatic rings. The molecule has 0 aliphatic heterocycles. The predicted molar refractivity (Wildman–Crippen MR) is 50.9 cm³/mol. The topological polar surface area (TPSA) is 30.7 Å². The van der Waals surface area contributed by atoms with Crippen molar-refractivity contribution in [3.05, 3.63) is 22.6 Å². The molecule has 0 bridgehead atoms. The molecule has 0 spiro atoms. The quantitative estimate of drug-likeness (QED) is 0.688. The Morgan fingerprint density at radius 3 is 3.00 bits per heavy atom. The maximum Gasteiger partial charge on any atom is 0.159 e. The van der Waals surface area contributed by atoms with Gasteiger partial charge in [0.15, 0.2) is 5.65 Å². The van der Waals surface area contributed by atoms with Crippen molar-refractivity contribution in [1.29, 1.82) is 0 Å². The van der Waals surface area contributed by atoms with Crippen LogP contribution in [0.3, 0.4) is 0 Å². The molecule has 0 radical (unpaired) electrons. The van der Waals surface area contributed by atoms with Crippen molar-refractivity contribution in [3.63, 3.8) is 0 Å². The van der Waals surface area contributed by atoms with Gasteiger partial charge in [0, 0.05) is 13.2 Å². The number of aryl methyl sites for hydroxylation is 2. The van der Waals surface area contributed by atoms with E-state index < -0.39 is 0 Å². The van der Waals surface area contributed by atoms with E-state index >= 15 is 0 Å². The van der Waals surface area contributed by atoms with E-state index in [9.17, 15) is 0 Å². The number of nitrogens with zero attached hydrogens (tertiary/aromatic N) is 3. The Hall–Kier alpha value is -0.900. The van der Waals surface area contributed by atoms with Crippen molar-refractivity contribution < 1.29 is 0 Å². The van der Waals surface area contributed by atoms with Gasteiger partial charge in [-0.3, -0.25) is 0 Å². The molecule has 0 aromatic carbocycles. The van der Waals surface area contributed by atoms with E-state index in [4.69, 9.17) is 0 Å². The fraction of sp³-hybridized carbons (Fsp3) is 0.250. The van der Waals surface area contributed by atoms with E-state index in [-0.39, 0.29) is 0 Å². The van der Waals surface area contributed by atoms with Gasteiger partial charge in [-0.25, -0.2) is 9.97 Å². The summed E-state index contributed by atoms with van der Waals surface area (Å²) in [6.45, 7) is 2.03. The molecular formula is C8H8BrN3. The summed E-state index contributed by atoms with van der Waals surface area (Å²) in [5.74, 6) is 0. The number of rotatable bonds is 0. The van der Waals surface area contributed by atoms with Gasteiger partial charge in [-0.2, -0.15) is 0 Å². The molecule has 62 valence electrons. The molecule has 0 amide bonds. The van der Waals surface area contributed by atoms with Gasteiger partial charge >= 0.3 is 0 Å². The first kappa shape index (κ1) is 7.73. The van der Waals surface area contributed by atoms with Crippen LogP contribution in [0.15, 0.2) is 17.0 Å². The molecule has 12 heavy (non-hydrogen) atoms. The average Bonchev–Trinajstić information content (AvgIpc) is 2.28. The number of halogens is 1. The predicted octanol–water partition coefficient (Wildman–Crippen LogP) is 2.04. The summed E-state index contributed by atoms with van der Waals surface area (Å²) in [5, 5.41) is 0. The average molecular weight is 226 g/mol. The largest absolute Gasteiger partial charge is 0.334 e. The fourth-order valence-corrected chi connectivity index (χ4v) is 1.57. The second-order valence-electron chi connectivity index (χ2n) is 2.79. The maximum absolute atomic E-state index is 4.31. The lowest BCUT2D eigenvalue weighted by Gasteiger charge is -1.93. The van der Waals surface area contributed by atoms with E-state index in [0.29, 0.717) is 0 Å². The summed E-state index contributed by atoms with van der Waals surface area (Å²) < 4.78 is 2.75. The van der Waals surface area contributed by atoms with Crippen LogP contribution in [0.1, 0.15) is 5.56 Å². The van der Waals surface area contributed by atoms with Crippen molar-refractivity contribution in [1.82, 2.24) is 14.5 Å². The Morgan fingerprint density at radius 2 is 2.25 bits per heavy atom. The number of hydrogen-bond donors (Lipinski definition) is 0. The number of fused-ring (bicyclic) bond motifs is 1. The molecule has 2 rings (SSSR count). The van der Waals surface area contributed by atoms with Crippen LogP contribution >= 0.6 is 15.9 Å². The zero-order chi connectivity index (χ0) is 8.72. The SMILES string of the molecule is Cc1cn(C)c2nc(Br)cnc12. The van der Waals surface area contributed by atoms with Gasteiger partial charge in [-0.05, 0) is 28.4 Å². The molecule has 3 nitrogen and oxygen atoms in total. The Morgan fingerprint density at radius 1 is 1.50 bits per heavy atom. The van der Waals surface area contributed by atoms with Gasteiger partial charge in [0.1, 0.15) is 10.1 Å². The van der Waals surface area contributed by atoms with Crippen molar-refractivity contribution in [2.75, 3.05) is 0 Å². The van der Waals surface area contributed by atoms with Crippen LogP contribution in [-0.4, -0.2) is 14.5 Å². The lowest BCUT2D eigenvalue weighted by atomic mass is 10.3. The Labute approximate surface area is 78.6 Å². The minimum atomic E-state index is 0.774. The zero-order valence-electron chi connectivity index (χ0n) is 6.87. The molecule has 2 heterocycles. The zero-order valence-corrected chi connectivity index (χ0v) is 8.46. The van der Waals surface area contributed by atoms with Gasteiger partial charge in [0.2, 0.25) is 0 Å². The summed E-state index contributed by atoms with van der Waals surface area (Å²) in [4.78, 5) is 8.58. The van der Waals surface area contributed by atoms with E-state index in [1.807, 2.05) is 24.7 Å². The third kappa shape index (κ3) is 1.03. The first-order chi connectivity index (χ1) is 5.68. The minimum Gasteiger partial charge on any atom is -0.334 e. The van der Waals surface area contributed by atoms with Crippen molar-refractivity contribution >= 4 is 27.1 Å². The Bertz CT molecular complexity index is 433. The highest BCUT2D eigenvalue weighted by atomic mass is 79.9. The lowest BCUT2D eigenvalue weighted by Crippen LogP contribution is -1.89. The third-order valence-corrected chi connectivity index (χ3v) is 2.20. The van der Waals surface area contributed by atoms with Crippen LogP contribution in [0.4, 0.5) is 0 Å². The van der Waals surface area contributed by atoms with E-state index in [1.54, 1.807) is 6.20 Å². The first-order valence-electron chi connectivity index (χ1n) is 3.62. The van der Waals surface area contributed by atoms with Crippen molar-refractivity contribution in [2.24, 2.45) is 7.05 Å². The third-order valence-electron chi connectivity index (χ3n) is 1.82. The van der Waals surface area contributed by atoms with Gasteiger partial charge < -0.3 is 4.57 Å². The lowest BCUT2D eigenvalue weighted by molar-refractivity contribution is 0.939. The molecule has 0 saturated heterocycles. The summed E-state index contributed by atoms with van der Waals surface area (Å²) in [5.41, 5.74) is 3.05. The molecule has 2 aromatic heterocycles. The van der Waals surface area contributed by atoms with Crippen LogP contribution in [0.25, 0.3) is 11.2 Å². The van der Waals surface area contributed by atoms with Crippen LogP contribution < -0.4 is 0 Å². The van der Waals surface area contributed by atoms with Crippen molar-refractivity contribution in [2.45, 2.75) is 6.92 Å². The van der Waals surface area contributed by atoms with E-state index in [2.05, 4.69) is 25.9 Å². The monoisotopic (exact) mass is 225 g/mol. The highest BCUT2D eigenvalue weighted by Crippen LogP contribution is 2.17. The Kier molecular flexibility index (Phi) is 1.65. The van der Waals surface area contributed by atoms with Crippen LogP contribution in [-0.2, 0) is 7.05 Å². The van der Waals surface area contributed by atoms with Gasteiger partial charge in [0.25, 0.3) is 0 Å². The number of hydrogen-bond acceptors (Lipinski definition) is 2.